The van der Waals surface area contributed by atoms with E-state index < -0.39 is 114 Å². The number of nitrogens with zero attached hydrogens (tertiary/aromatic N) is 6. The molecule has 2 aliphatic heterocycles. The second kappa shape index (κ2) is 13.7. The van der Waals surface area contributed by atoms with Crippen LogP contribution in [0.3, 0.4) is 0 Å². The number of Topliss-reactive ketones (excluding diaryl/α,β-unsaturated/α-hetero) is 1. The lowest BCUT2D eigenvalue weighted by Gasteiger charge is -2.44. The van der Waals surface area contributed by atoms with Crippen molar-refractivity contribution in [3.8, 4) is 17.2 Å². The molecule has 0 radical (unpaired) electrons. The van der Waals surface area contributed by atoms with Gasteiger partial charge in [-0.15, -0.1) is 0 Å². The lowest BCUT2D eigenvalue weighted by atomic mass is 9.72. The molecule has 0 saturated carbocycles. The minimum atomic E-state index is -2.11. The van der Waals surface area contributed by atoms with E-state index in [-0.39, 0.29) is 40.8 Å². The Morgan fingerprint density at radius 2 is 1.57 bits per heavy atom. The molecule has 2 saturated heterocycles. The van der Waals surface area contributed by atoms with Crippen molar-refractivity contribution in [3.05, 3.63) is 72.5 Å². The maximum Gasteiger partial charge on any atom is 0.202 e. The number of phenolic OH excluding ortho intramolecular Hbond substituents is 2. The van der Waals surface area contributed by atoms with Gasteiger partial charge in [-0.05, 0) is 37.9 Å². The Morgan fingerprint density at radius 3 is 2.24 bits per heavy atom. The minimum Gasteiger partial charge on any atom is -0.507 e. The quantitative estimate of drug-likeness (QED) is 0.113. The molecule has 2 aromatic carbocycles. The number of aliphatic hydroxyl groups is 2. The van der Waals surface area contributed by atoms with E-state index in [4.69, 9.17) is 29.2 Å². The van der Waals surface area contributed by atoms with Crippen molar-refractivity contribution in [2.24, 2.45) is 10.2 Å². The van der Waals surface area contributed by atoms with E-state index in [1.54, 1.807) is 13.8 Å². The van der Waals surface area contributed by atoms with Crippen LogP contribution in [0.5, 0.6) is 17.2 Å². The number of ether oxygens (including phenoxy) is 5. The minimum absolute atomic E-state index is 0.00878. The molecular formula is C33H36N6O12. The van der Waals surface area contributed by atoms with Gasteiger partial charge < -0.3 is 44.1 Å². The van der Waals surface area contributed by atoms with Crippen LogP contribution in [-0.4, -0.2) is 99.6 Å². The fraction of sp³-hybridized carbons (Fsp3) is 0.545. The second-order valence-electron chi connectivity index (χ2n) is 13.1. The van der Waals surface area contributed by atoms with E-state index in [1.165, 1.54) is 25.3 Å². The zero-order valence-electron chi connectivity index (χ0n) is 28.0. The fourth-order valence-corrected chi connectivity index (χ4v) is 7.44. The van der Waals surface area contributed by atoms with Gasteiger partial charge in [-0.2, -0.15) is 0 Å². The molecule has 0 aromatic heterocycles. The molecule has 51 heavy (non-hydrogen) atoms. The van der Waals surface area contributed by atoms with Gasteiger partial charge in [-0.3, -0.25) is 14.4 Å². The molecule has 18 heteroatoms. The van der Waals surface area contributed by atoms with Crippen molar-refractivity contribution < 1.29 is 58.5 Å². The van der Waals surface area contributed by atoms with Crippen molar-refractivity contribution in [1.82, 2.24) is 0 Å². The largest absolute Gasteiger partial charge is 0.507 e. The second-order valence-corrected chi connectivity index (χ2v) is 13.1. The molecule has 0 amide bonds. The van der Waals surface area contributed by atoms with Gasteiger partial charge in [-0.1, -0.05) is 22.4 Å². The monoisotopic (exact) mass is 708 g/mol. The number of carbonyl (C=O) groups excluding carboxylic acids is 3. The van der Waals surface area contributed by atoms with Crippen LogP contribution in [0, 0.1) is 0 Å². The highest BCUT2D eigenvalue weighted by Gasteiger charge is 2.50. The lowest BCUT2D eigenvalue weighted by molar-refractivity contribution is -0.294. The SMILES string of the molecule is COc1cccc2c1C(=O)c1c(O)c3c(c(O)c1C2=O)C[C@@](O)(C(C)=O)C[C@@H]3O[C@H]1C[C@H](N=[N+]=[N-])[C@H](O[C@H]2C[C@H](N=[N+]=[N-])[C@H](O)[C@H](C)O2)[C@H](C)O1. The van der Waals surface area contributed by atoms with Crippen LogP contribution in [0.15, 0.2) is 28.4 Å². The number of carbonyl (C=O) groups is 3. The molecule has 0 unspecified atom stereocenters. The normalized spacial score (nSPS) is 32.8. The van der Waals surface area contributed by atoms with Crippen molar-refractivity contribution in [2.75, 3.05) is 7.11 Å². The summed E-state index contributed by atoms with van der Waals surface area (Å²) >= 11 is 0. The maximum atomic E-state index is 13.9. The van der Waals surface area contributed by atoms with E-state index in [0.717, 1.165) is 6.92 Å². The topological polar surface area (TPSA) is 276 Å². The third kappa shape index (κ3) is 6.15. The first-order valence-electron chi connectivity index (χ1n) is 16.2. The number of ketones is 3. The van der Waals surface area contributed by atoms with Crippen LogP contribution in [-0.2, 0) is 30.2 Å². The van der Waals surface area contributed by atoms with Crippen LogP contribution in [0.4, 0.5) is 0 Å². The van der Waals surface area contributed by atoms with Crippen LogP contribution >= 0.6 is 0 Å². The van der Waals surface area contributed by atoms with Gasteiger partial charge in [0.25, 0.3) is 0 Å². The molecule has 2 aromatic rings. The lowest BCUT2D eigenvalue weighted by Crippen LogP contribution is -2.53. The number of phenols is 2. The summed E-state index contributed by atoms with van der Waals surface area (Å²) in [6.07, 6.45) is -8.16. The summed E-state index contributed by atoms with van der Waals surface area (Å²) in [4.78, 5) is 46.1. The molecule has 0 spiro atoms. The van der Waals surface area contributed by atoms with Crippen LogP contribution < -0.4 is 4.74 Å². The van der Waals surface area contributed by atoms with Crippen LogP contribution in [0.1, 0.15) is 89.1 Å². The smallest absolute Gasteiger partial charge is 0.202 e. The summed E-state index contributed by atoms with van der Waals surface area (Å²) in [7, 11) is 1.32. The fourth-order valence-electron chi connectivity index (χ4n) is 7.44. The van der Waals surface area contributed by atoms with Gasteiger partial charge in [0, 0.05) is 52.2 Å². The van der Waals surface area contributed by atoms with Crippen LogP contribution in [0.25, 0.3) is 20.9 Å². The van der Waals surface area contributed by atoms with E-state index in [2.05, 4.69) is 20.1 Å². The number of benzene rings is 2. The van der Waals surface area contributed by atoms with Crippen LogP contribution in [0.2, 0.25) is 0 Å². The number of hydrogen-bond donors (Lipinski definition) is 4. The third-order valence-corrected chi connectivity index (χ3v) is 10.1. The highest BCUT2D eigenvalue weighted by molar-refractivity contribution is 6.31. The molecule has 2 fully saturated rings. The Morgan fingerprint density at radius 1 is 0.941 bits per heavy atom. The number of aliphatic hydroxyl groups excluding tert-OH is 1. The van der Waals surface area contributed by atoms with E-state index in [1.807, 2.05) is 0 Å². The highest BCUT2D eigenvalue weighted by atomic mass is 16.7. The van der Waals surface area contributed by atoms with Gasteiger partial charge in [0.05, 0.1) is 66.4 Å². The molecular weight excluding hydrogens is 672 g/mol. The number of hydrogen-bond acceptors (Lipinski definition) is 14. The zero-order valence-corrected chi connectivity index (χ0v) is 28.0. The maximum absolute atomic E-state index is 13.9. The molecule has 0 bridgehead atoms. The number of azide groups is 2. The van der Waals surface area contributed by atoms with Crippen molar-refractivity contribution in [2.45, 2.75) is 107 Å². The van der Waals surface area contributed by atoms with E-state index in [0.29, 0.717) is 0 Å². The molecule has 18 nitrogen and oxygen atoms in total. The summed E-state index contributed by atoms with van der Waals surface area (Å²) < 4.78 is 29.6. The van der Waals surface area contributed by atoms with Gasteiger partial charge in [-0.25, -0.2) is 0 Å². The first kappa shape index (κ1) is 36.0. The number of methoxy groups -OCH3 is 1. The predicted octanol–water partition coefficient (Wildman–Crippen LogP) is 3.58. The first-order chi connectivity index (χ1) is 24.2. The van der Waals surface area contributed by atoms with Crippen molar-refractivity contribution in [3.63, 3.8) is 0 Å². The zero-order chi connectivity index (χ0) is 36.9. The molecule has 2 aliphatic carbocycles. The Hall–Kier alpha value is -4.77. The molecule has 4 N–H and O–H groups in total. The summed E-state index contributed by atoms with van der Waals surface area (Å²) in [5.74, 6) is -3.54. The summed E-state index contributed by atoms with van der Waals surface area (Å²) in [6, 6.07) is 2.59. The Bertz CT molecular complexity index is 1890. The first-order valence-corrected chi connectivity index (χ1v) is 16.2. The van der Waals surface area contributed by atoms with E-state index >= 15 is 0 Å². The standard InChI is InChI=1S/C33H36N6O12/c1-12-27(41)17(36-38-34)8-22(48-12)51-32-13(2)49-21(9-18(32)37-39-35)50-20-11-33(46,14(3)40)10-16-24(20)31(45)26-25(29(16)43)28(42)15-6-5-7-19(47-4)23(15)30(26)44/h5-7,12-13,17-18,20-22,27,32,41,43,45-46H,8-11H2,1-4H3/t12-,13-,17-,18-,20-,21-,22-,27+,32+,33-/m0/s1. The number of aromatic hydroxyl groups is 2. The number of fused-ring (bicyclic) bond motifs is 3. The average molecular weight is 709 g/mol. The molecule has 4 aliphatic rings. The molecule has 6 rings (SSSR count). The summed E-state index contributed by atoms with van der Waals surface area (Å²) in [5, 5.41) is 52.7. The Kier molecular flexibility index (Phi) is 9.71. The number of rotatable bonds is 8. The predicted molar refractivity (Wildman–Crippen MR) is 172 cm³/mol. The van der Waals surface area contributed by atoms with Gasteiger partial charge in [0.2, 0.25) is 5.78 Å². The molecule has 270 valence electrons. The van der Waals surface area contributed by atoms with E-state index in [9.17, 15) is 40.3 Å². The highest BCUT2D eigenvalue weighted by Crippen LogP contribution is 2.52. The molecule has 10 atom stereocenters. The Balaban J connectivity index is 1.34. The van der Waals surface area contributed by atoms with Crippen molar-refractivity contribution >= 4 is 17.3 Å². The van der Waals surface area contributed by atoms with Gasteiger partial charge in [0.1, 0.15) is 22.8 Å². The van der Waals surface area contributed by atoms with Gasteiger partial charge in [0.15, 0.2) is 24.1 Å². The van der Waals surface area contributed by atoms with Crippen molar-refractivity contribution in [1.29, 1.82) is 0 Å². The molecule has 2 heterocycles. The Labute approximate surface area is 290 Å². The summed E-state index contributed by atoms with van der Waals surface area (Å²) in [6.45, 7) is 4.34. The average Bonchev–Trinajstić information content (AvgIpc) is 3.08. The third-order valence-electron chi connectivity index (χ3n) is 10.1. The van der Waals surface area contributed by atoms with Gasteiger partial charge >= 0.3 is 0 Å². The summed E-state index contributed by atoms with van der Waals surface area (Å²) in [5.41, 5.74) is 14.8.